The first-order valence-electron chi connectivity index (χ1n) is 7.13. The number of carbonyl (C=O) groups is 2. The predicted octanol–water partition coefficient (Wildman–Crippen LogP) is 1.63. The van der Waals surface area contributed by atoms with Crippen LogP contribution >= 0.6 is 0 Å². The number of nitrogens with two attached hydrogens (primary N) is 1. The Hall–Kier alpha value is -2.38. The summed E-state index contributed by atoms with van der Waals surface area (Å²) in [4.78, 5) is 25.2. The van der Waals surface area contributed by atoms with Crippen molar-refractivity contribution in [3.63, 3.8) is 0 Å². The van der Waals surface area contributed by atoms with Gasteiger partial charge in [-0.2, -0.15) is 8.78 Å². The normalized spacial score (nSPS) is 15.6. The maximum atomic E-state index is 12.4. The number of carbonyl (C=O) groups excluding carboxylic acids is 2. The molecule has 0 spiro atoms. The lowest BCUT2D eigenvalue weighted by molar-refractivity contribution is -0.123. The van der Waals surface area contributed by atoms with Gasteiger partial charge in [-0.1, -0.05) is 0 Å². The van der Waals surface area contributed by atoms with Crippen LogP contribution in [0.2, 0.25) is 0 Å². The van der Waals surface area contributed by atoms with Crippen LogP contribution in [-0.2, 0) is 4.79 Å². The molecule has 2 amide bonds. The zero-order valence-corrected chi connectivity index (χ0v) is 12.6. The number of primary amides is 1. The summed E-state index contributed by atoms with van der Waals surface area (Å²) in [5.41, 5.74) is 5.57. The van der Waals surface area contributed by atoms with Crippen LogP contribution in [0.5, 0.6) is 11.5 Å². The fraction of sp³-hybridized carbons (Fsp3) is 0.467. The Morgan fingerprint density at radius 2 is 1.91 bits per heavy atom. The summed E-state index contributed by atoms with van der Waals surface area (Å²) < 4.78 is 33.9. The average molecular weight is 328 g/mol. The maximum absolute atomic E-state index is 12.4. The van der Waals surface area contributed by atoms with Crippen molar-refractivity contribution in [3.05, 3.63) is 23.8 Å². The van der Waals surface area contributed by atoms with Crippen LogP contribution < -0.4 is 15.2 Å². The molecule has 126 valence electrons. The van der Waals surface area contributed by atoms with Gasteiger partial charge in [0.2, 0.25) is 5.91 Å². The molecule has 0 aliphatic carbocycles. The summed E-state index contributed by atoms with van der Waals surface area (Å²) in [5, 5.41) is 0. The number of ether oxygens (including phenoxy) is 2. The van der Waals surface area contributed by atoms with Gasteiger partial charge in [-0.3, -0.25) is 9.59 Å². The molecule has 8 heteroatoms. The molecule has 0 saturated carbocycles. The van der Waals surface area contributed by atoms with Gasteiger partial charge < -0.3 is 20.1 Å². The highest BCUT2D eigenvalue weighted by atomic mass is 19.3. The Morgan fingerprint density at radius 3 is 2.43 bits per heavy atom. The molecule has 2 rings (SSSR count). The molecule has 1 fully saturated rings. The topological polar surface area (TPSA) is 81.9 Å². The van der Waals surface area contributed by atoms with Crippen LogP contribution in [0, 0.1) is 5.92 Å². The number of likely N-dealkylation sites (tertiary alicyclic amines) is 1. The summed E-state index contributed by atoms with van der Waals surface area (Å²) in [6.45, 7) is -2.13. The van der Waals surface area contributed by atoms with Crippen LogP contribution in [0.15, 0.2) is 18.2 Å². The summed E-state index contributed by atoms with van der Waals surface area (Å²) in [6.07, 6.45) is 1.04. The Labute approximate surface area is 132 Å². The van der Waals surface area contributed by atoms with Crippen LogP contribution in [0.3, 0.4) is 0 Å². The Kier molecular flexibility index (Phi) is 5.36. The van der Waals surface area contributed by atoms with Crippen molar-refractivity contribution < 1.29 is 27.8 Å². The molecule has 0 radical (unpaired) electrons. The van der Waals surface area contributed by atoms with Crippen molar-refractivity contribution in [1.82, 2.24) is 4.90 Å². The van der Waals surface area contributed by atoms with Gasteiger partial charge in [0.05, 0.1) is 7.11 Å². The lowest BCUT2D eigenvalue weighted by Crippen LogP contribution is -2.41. The standard InChI is InChI=1S/C15H18F2N2O4/c1-22-12-8-10(2-3-11(12)23-15(16)17)14(21)19-6-4-9(5-7-19)13(18)20/h2-3,8-9,15H,4-7H2,1H3,(H2,18,20). The molecule has 1 aromatic rings. The SMILES string of the molecule is COc1cc(C(=O)N2CCC(C(N)=O)CC2)ccc1OC(F)F. The van der Waals surface area contributed by atoms with E-state index in [9.17, 15) is 18.4 Å². The smallest absolute Gasteiger partial charge is 0.387 e. The van der Waals surface area contributed by atoms with Gasteiger partial charge in [0.25, 0.3) is 5.91 Å². The van der Waals surface area contributed by atoms with Gasteiger partial charge in [-0.05, 0) is 31.0 Å². The van der Waals surface area contributed by atoms with Gasteiger partial charge in [0.1, 0.15) is 0 Å². The largest absolute Gasteiger partial charge is 0.493 e. The first-order valence-corrected chi connectivity index (χ1v) is 7.13. The molecule has 23 heavy (non-hydrogen) atoms. The molecule has 1 saturated heterocycles. The molecule has 0 unspecified atom stereocenters. The molecule has 1 aliphatic rings. The third-order valence-electron chi connectivity index (χ3n) is 3.81. The second-order valence-corrected chi connectivity index (χ2v) is 5.21. The van der Waals surface area contributed by atoms with E-state index in [0.717, 1.165) is 0 Å². The molecular weight excluding hydrogens is 310 g/mol. The van der Waals surface area contributed by atoms with E-state index in [1.165, 1.54) is 25.3 Å². The quantitative estimate of drug-likeness (QED) is 0.891. The van der Waals surface area contributed by atoms with E-state index in [0.29, 0.717) is 31.5 Å². The average Bonchev–Trinajstić information content (AvgIpc) is 2.54. The summed E-state index contributed by atoms with van der Waals surface area (Å²) in [7, 11) is 1.31. The van der Waals surface area contributed by atoms with Gasteiger partial charge in [0, 0.05) is 24.6 Å². The first kappa shape index (κ1) is 17.0. The van der Waals surface area contributed by atoms with E-state index < -0.39 is 6.61 Å². The minimum atomic E-state index is -2.97. The fourth-order valence-corrected chi connectivity index (χ4v) is 2.54. The number of alkyl halides is 2. The molecule has 2 N–H and O–H groups in total. The molecule has 0 bridgehead atoms. The van der Waals surface area contributed by atoms with Crippen molar-refractivity contribution in [3.8, 4) is 11.5 Å². The highest BCUT2D eigenvalue weighted by Gasteiger charge is 2.27. The number of benzene rings is 1. The number of piperidine rings is 1. The lowest BCUT2D eigenvalue weighted by atomic mass is 9.96. The Balaban J connectivity index is 2.09. The molecule has 0 aromatic heterocycles. The lowest BCUT2D eigenvalue weighted by Gasteiger charge is -2.30. The number of halogens is 2. The van der Waals surface area contributed by atoms with E-state index in [1.54, 1.807) is 4.90 Å². The second-order valence-electron chi connectivity index (χ2n) is 5.21. The highest BCUT2D eigenvalue weighted by molar-refractivity contribution is 5.95. The summed E-state index contributed by atoms with van der Waals surface area (Å²) >= 11 is 0. The van der Waals surface area contributed by atoms with E-state index in [4.69, 9.17) is 10.5 Å². The van der Waals surface area contributed by atoms with Crippen molar-refractivity contribution in [2.24, 2.45) is 11.7 Å². The first-order chi connectivity index (χ1) is 10.9. The highest BCUT2D eigenvalue weighted by Crippen LogP contribution is 2.30. The van der Waals surface area contributed by atoms with E-state index in [-0.39, 0.29) is 29.2 Å². The third kappa shape index (κ3) is 4.08. The van der Waals surface area contributed by atoms with Crippen LogP contribution in [0.4, 0.5) is 8.78 Å². The number of rotatable bonds is 5. The van der Waals surface area contributed by atoms with Crippen LogP contribution in [-0.4, -0.2) is 43.5 Å². The Bertz CT molecular complexity index is 587. The number of methoxy groups -OCH3 is 1. The predicted molar refractivity (Wildman–Crippen MR) is 77.4 cm³/mol. The second kappa shape index (κ2) is 7.26. The molecule has 1 aromatic carbocycles. The molecule has 1 aliphatic heterocycles. The number of hydrogen-bond acceptors (Lipinski definition) is 4. The molecular formula is C15H18F2N2O4. The summed E-state index contributed by atoms with van der Waals surface area (Å²) in [5.74, 6) is -0.896. The Morgan fingerprint density at radius 1 is 1.26 bits per heavy atom. The van der Waals surface area contributed by atoms with Crippen molar-refractivity contribution in [2.45, 2.75) is 19.5 Å². The van der Waals surface area contributed by atoms with Crippen molar-refractivity contribution in [1.29, 1.82) is 0 Å². The zero-order chi connectivity index (χ0) is 17.0. The third-order valence-corrected chi connectivity index (χ3v) is 3.81. The number of hydrogen-bond donors (Lipinski definition) is 1. The minimum Gasteiger partial charge on any atom is -0.493 e. The van der Waals surface area contributed by atoms with Crippen molar-refractivity contribution >= 4 is 11.8 Å². The van der Waals surface area contributed by atoms with Crippen LogP contribution in [0.25, 0.3) is 0 Å². The fourth-order valence-electron chi connectivity index (χ4n) is 2.54. The van der Waals surface area contributed by atoms with Gasteiger partial charge >= 0.3 is 6.61 Å². The summed E-state index contributed by atoms with van der Waals surface area (Å²) in [6, 6.07) is 4.04. The molecule has 0 atom stereocenters. The number of amides is 2. The van der Waals surface area contributed by atoms with Gasteiger partial charge in [-0.25, -0.2) is 0 Å². The maximum Gasteiger partial charge on any atom is 0.387 e. The van der Waals surface area contributed by atoms with E-state index >= 15 is 0 Å². The monoisotopic (exact) mass is 328 g/mol. The van der Waals surface area contributed by atoms with Gasteiger partial charge in [0.15, 0.2) is 11.5 Å². The number of nitrogens with zero attached hydrogens (tertiary/aromatic N) is 1. The molecule has 1 heterocycles. The minimum absolute atomic E-state index is 0.0585. The van der Waals surface area contributed by atoms with Gasteiger partial charge in [-0.15, -0.1) is 0 Å². The van der Waals surface area contributed by atoms with E-state index in [1.807, 2.05) is 0 Å². The van der Waals surface area contributed by atoms with Crippen LogP contribution in [0.1, 0.15) is 23.2 Å². The van der Waals surface area contributed by atoms with Crippen molar-refractivity contribution in [2.75, 3.05) is 20.2 Å². The zero-order valence-electron chi connectivity index (χ0n) is 12.6. The van der Waals surface area contributed by atoms with E-state index in [2.05, 4.69) is 4.74 Å². The molecule has 6 nitrogen and oxygen atoms in total.